The lowest BCUT2D eigenvalue weighted by atomic mass is 9.94. The number of likely N-dealkylation sites (tertiary alicyclic amines) is 1. The van der Waals surface area contributed by atoms with Crippen LogP contribution in [0.3, 0.4) is 0 Å². The van der Waals surface area contributed by atoms with Crippen molar-refractivity contribution in [2.24, 2.45) is 0 Å². The summed E-state index contributed by atoms with van der Waals surface area (Å²) in [4.78, 5) is 13.7. The number of amides is 1. The van der Waals surface area contributed by atoms with Gasteiger partial charge in [-0.1, -0.05) is 18.0 Å². The highest BCUT2D eigenvalue weighted by atomic mass is 35.5. The Morgan fingerprint density at radius 3 is 2.18 bits per heavy atom. The minimum absolute atomic E-state index is 0.0143. The number of sulfonamides is 1. The van der Waals surface area contributed by atoms with Crippen LogP contribution in [-0.2, 0) is 14.8 Å². The molecule has 2 atom stereocenters. The van der Waals surface area contributed by atoms with Crippen molar-refractivity contribution in [3.05, 3.63) is 29.3 Å². The van der Waals surface area contributed by atoms with Crippen molar-refractivity contribution in [3.8, 4) is 0 Å². The molecule has 2 aliphatic rings. The number of carbonyl (C=O) groups excluding carboxylic acids is 1. The molecule has 0 N–H and O–H groups in total. The lowest BCUT2D eigenvalue weighted by Gasteiger charge is -2.48. The molecule has 5 nitrogen and oxygen atoms in total. The highest BCUT2D eigenvalue weighted by molar-refractivity contribution is 7.89. The van der Waals surface area contributed by atoms with Crippen LogP contribution in [-0.4, -0.2) is 48.7 Å². The average molecular weight is 343 g/mol. The maximum absolute atomic E-state index is 13.0. The van der Waals surface area contributed by atoms with Gasteiger partial charge in [-0.05, 0) is 37.1 Å². The van der Waals surface area contributed by atoms with E-state index in [-0.39, 0.29) is 22.9 Å². The van der Waals surface area contributed by atoms with E-state index in [0.717, 1.165) is 19.3 Å². The van der Waals surface area contributed by atoms with E-state index in [2.05, 4.69) is 0 Å². The topological polar surface area (TPSA) is 57.7 Å². The van der Waals surface area contributed by atoms with Gasteiger partial charge in [0.05, 0.1) is 4.90 Å². The summed E-state index contributed by atoms with van der Waals surface area (Å²) in [5, 5.41) is 0.514. The molecule has 1 aromatic carbocycles. The van der Waals surface area contributed by atoms with Crippen LogP contribution >= 0.6 is 11.6 Å². The van der Waals surface area contributed by atoms with Crippen LogP contribution in [0.2, 0.25) is 5.02 Å². The number of halogens is 1. The summed E-state index contributed by atoms with van der Waals surface area (Å²) in [6.07, 6.45) is 2.61. The molecular weight excluding hydrogens is 324 g/mol. The quantitative estimate of drug-likeness (QED) is 0.827. The molecule has 3 rings (SSSR count). The van der Waals surface area contributed by atoms with Crippen molar-refractivity contribution in [1.82, 2.24) is 9.21 Å². The van der Waals surface area contributed by atoms with Gasteiger partial charge in [-0.3, -0.25) is 4.79 Å². The Hall–Kier alpha value is -1.11. The molecule has 2 unspecified atom stereocenters. The molecule has 1 amide bonds. The van der Waals surface area contributed by atoms with Crippen LogP contribution in [0.1, 0.15) is 26.2 Å². The Bertz CT molecular complexity index is 661. The molecule has 2 heterocycles. The van der Waals surface area contributed by atoms with Crippen LogP contribution in [0, 0.1) is 0 Å². The van der Waals surface area contributed by atoms with Crippen molar-refractivity contribution in [3.63, 3.8) is 0 Å². The van der Waals surface area contributed by atoms with Crippen LogP contribution in [0.5, 0.6) is 0 Å². The van der Waals surface area contributed by atoms with Gasteiger partial charge in [0, 0.05) is 37.1 Å². The summed E-state index contributed by atoms with van der Waals surface area (Å²) in [7, 11) is -3.55. The zero-order valence-corrected chi connectivity index (χ0v) is 14.0. The molecule has 2 bridgehead atoms. The summed E-state index contributed by atoms with van der Waals surface area (Å²) in [6, 6.07) is 6.02. The normalized spacial score (nSPS) is 26.0. The number of hydrogen-bond donors (Lipinski definition) is 0. The second kappa shape index (κ2) is 5.83. The van der Waals surface area contributed by atoms with E-state index in [1.165, 1.54) is 0 Å². The third kappa shape index (κ3) is 2.75. The van der Waals surface area contributed by atoms with Crippen molar-refractivity contribution in [2.75, 3.05) is 13.1 Å². The van der Waals surface area contributed by atoms with Crippen LogP contribution in [0.25, 0.3) is 0 Å². The van der Waals surface area contributed by atoms with Crippen LogP contribution in [0.15, 0.2) is 29.2 Å². The Kier molecular flexibility index (Phi) is 4.18. The van der Waals surface area contributed by atoms with Gasteiger partial charge in [0.25, 0.3) is 0 Å². The molecule has 0 saturated carbocycles. The summed E-state index contributed by atoms with van der Waals surface area (Å²) < 4.78 is 27.6. The van der Waals surface area contributed by atoms with Crippen LogP contribution in [0.4, 0.5) is 0 Å². The fraction of sp³-hybridized carbons (Fsp3) is 0.533. The molecule has 2 saturated heterocycles. The van der Waals surface area contributed by atoms with E-state index in [1.807, 2.05) is 0 Å². The molecule has 0 aromatic heterocycles. The van der Waals surface area contributed by atoms with Gasteiger partial charge in [0.15, 0.2) is 0 Å². The van der Waals surface area contributed by atoms with E-state index in [0.29, 0.717) is 18.1 Å². The molecule has 2 aliphatic heterocycles. The molecule has 0 spiro atoms. The lowest BCUT2D eigenvalue weighted by molar-refractivity contribution is -0.133. The number of rotatable bonds is 2. The summed E-state index contributed by atoms with van der Waals surface area (Å²) >= 11 is 5.84. The first-order valence-corrected chi connectivity index (χ1v) is 9.26. The number of piperazine rings is 1. The maximum atomic E-state index is 13.0. The predicted molar refractivity (Wildman–Crippen MR) is 84.2 cm³/mol. The SMILES string of the molecule is CC(=O)N1CC2CCCC(C1)N2S(=O)(=O)c1ccc(Cl)cc1. The van der Waals surface area contributed by atoms with E-state index < -0.39 is 10.0 Å². The predicted octanol–water partition coefficient (Wildman–Crippen LogP) is 2.11. The number of carbonyl (C=O) groups is 1. The summed E-state index contributed by atoms with van der Waals surface area (Å²) in [5.41, 5.74) is 0. The second-order valence-electron chi connectivity index (χ2n) is 5.95. The molecule has 7 heteroatoms. The number of nitrogens with zero attached hydrogens (tertiary/aromatic N) is 2. The molecule has 2 fully saturated rings. The molecule has 120 valence electrons. The fourth-order valence-electron chi connectivity index (χ4n) is 3.45. The molecule has 1 aromatic rings. The molecular formula is C15H19ClN2O3S. The number of benzene rings is 1. The Balaban J connectivity index is 1.93. The monoisotopic (exact) mass is 342 g/mol. The van der Waals surface area contributed by atoms with Crippen molar-refractivity contribution in [2.45, 2.75) is 43.2 Å². The van der Waals surface area contributed by atoms with E-state index in [4.69, 9.17) is 11.6 Å². The third-order valence-corrected chi connectivity index (χ3v) is 6.76. The van der Waals surface area contributed by atoms with Crippen molar-refractivity contribution in [1.29, 1.82) is 0 Å². The number of piperidine rings is 1. The van der Waals surface area contributed by atoms with E-state index >= 15 is 0 Å². The molecule has 0 radical (unpaired) electrons. The number of hydrogen-bond acceptors (Lipinski definition) is 3. The average Bonchev–Trinajstić information content (AvgIpc) is 2.46. The largest absolute Gasteiger partial charge is 0.340 e. The Morgan fingerprint density at radius 2 is 1.68 bits per heavy atom. The van der Waals surface area contributed by atoms with Gasteiger partial charge >= 0.3 is 0 Å². The lowest BCUT2D eigenvalue weighted by Crippen LogP contribution is -2.63. The van der Waals surface area contributed by atoms with Gasteiger partial charge in [0.1, 0.15) is 0 Å². The zero-order chi connectivity index (χ0) is 15.9. The maximum Gasteiger partial charge on any atom is 0.243 e. The minimum Gasteiger partial charge on any atom is -0.340 e. The van der Waals surface area contributed by atoms with Gasteiger partial charge < -0.3 is 4.90 Å². The van der Waals surface area contributed by atoms with Crippen molar-refractivity contribution < 1.29 is 13.2 Å². The van der Waals surface area contributed by atoms with Crippen molar-refractivity contribution >= 4 is 27.5 Å². The number of fused-ring (bicyclic) bond motifs is 2. The van der Waals surface area contributed by atoms with Gasteiger partial charge in [-0.2, -0.15) is 4.31 Å². The van der Waals surface area contributed by atoms with E-state index in [1.54, 1.807) is 40.4 Å². The summed E-state index contributed by atoms with van der Waals surface area (Å²) in [6.45, 7) is 2.51. The fourth-order valence-corrected chi connectivity index (χ4v) is 5.43. The van der Waals surface area contributed by atoms with Gasteiger partial charge in [0.2, 0.25) is 15.9 Å². The first-order chi connectivity index (χ1) is 10.4. The second-order valence-corrected chi connectivity index (χ2v) is 8.23. The third-order valence-electron chi connectivity index (χ3n) is 4.49. The van der Waals surface area contributed by atoms with Gasteiger partial charge in [-0.25, -0.2) is 8.42 Å². The first-order valence-electron chi connectivity index (χ1n) is 7.44. The highest BCUT2D eigenvalue weighted by Gasteiger charge is 2.44. The summed E-state index contributed by atoms with van der Waals surface area (Å²) in [5.74, 6) is 0.0143. The standard InChI is InChI=1S/C15H19ClN2O3S/c1-11(19)17-9-13-3-2-4-14(10-17)18(13)22(20,21)15-7-5-12(16)6-8-15/h5-8,13-14H,2-4,9-10H2,1H3. The molecule has 0 aliphatic carbocycles. The Labute approximate surface area is 135 Å². The molecule has 22 heavy (non-hydrogen) atoms. The Morgan fingerprint density at radius 1 is 1.14 bits per heavy atom. The minimum atomic E-state index is -3.55. The van der Waals surface area contributed by atoms with Crippen LogP contribution < -0.4 is 0 Å². The zero-order valence-electron chi connectivity index (χ0n) is 12.4. The highest BCUT2D eigenvalue weighted by Crippen LogP contribution is 2.34. The van der Waals surface area contributed by atoms with Gasteiger partial charge in [-0.15, -0.1) is 0 Å². The smallest absolute Gasteiger partial charge is 0.243 e. The van der Waals surface area contributed by atoms with E-state index in [9.17, 15) is 13.2 Å². The first kappa shape index (κ1) is 15.8.